The Morgan fingerprint density at radius 1 is 1.21 bits per heavy atom. The van der Waals surface area contributed by atoms with Crippen molar-refractivity contribution in [2.45, 2.75) is 62.6 Å². The molecule has 5 atom stereocenters. The van der Waals surface area contributed by atoms with Crippen LogP contribution in [0.3, 0.4) is 0 Å². The summed E-state index contributed by atoms with van der Waals surface area (Å²) in [6, 6.07) is 8.56. The van der Waals surface area contributed by atoms with E-state index in [4.69, 9.17) is 0 Å². The summed E-state index contributed by atoms with van der Waals surface area (Å²) in [7, 11) is -3.36. The first-order chi connectivity index (χ1) is 13.4. The smallest absolute Gasteiger partial charge is 0.182 e. The largest absolute Gasteiger partial charge is 0.392 e. The fourth-order valence-corrected chi connectivity index (χ4v) is 6.17. The molecule has 0 aromatic heterocycles. The zero-order chi connectivity index (χ0) is 20.1. The van der Waals surface area contributed by atoms with Crippen LogP contribution in [-0.4, -0.2) is 36.6 Å². The summed E-state index contributed by atoms with van der Waals surface area (Å²) in [4.78, 5) is 0.351. The molecule has 1 aromatic rings. The average molecular weight is 405 g/mol. The summed E-state index contributed by atoms with van der Waals surface area (Å²) in [5, 5.41) is 20.7. The maximum absolute atomic E-state index is 12.7. The lowest BCUT2D eigenvalue weighted by Crippen LogP contribution is -2.18. The van der Waals surface area contributed by atoms with E-state index in [1.165, 1.54) is 0 Å². The Bertz CT molecular complexity index is 797. The van der Waals surface area contributed by atoms with Crippen LogP contribution in [0.5, 0.6) is 0 Å². The summed E-state index contributed by atoms with van der Waals surface area (Å²) >= 11 is 0. The molecule has 4 nitrogen and oxygen atoms in total. The maximum Gasteiger partial charge on any atom is 0.182 e. The van der Waals surface area contributed by atoms with E-state index < -0.39 is 22.0 Å². The van der Waals surface area contributed by atoms with Gasteiger partial charge in [-0.05, 0) is 43.2 Å². The zero-order valence-electron chi connectivity index (χ0n) is 16.6. The standard InChI is InChI=1S/C23H32O4S/c1-2-3-5-8-18(24)12-14-21-20-13-11-17(22(20)15-23(21)25)16-28(26,27)19-9-6-4-7-10-19/h4,6-7,9-12,14,18,20-25H,2-3,5,8,13,15-16H2,1H3/b14-12+/t18-,20+,21-,22+,23+/m0/s1. The molecule has 2 aliphatic rings. The average Bonchev–Trinajstić information content (AvgIpc) is 3.19. The van der Waals surface area contributed by atoms with Gasteiger partial charge in [0.25, 0.3) is 0 Å². The molecule has 1 aromatic carbocycles. The number of allylic oxidation sites excluding steroid dienone is 1. The van der Waals surface area contributed by atoms with Gasteiger partial charge in [-0.2, -0.15) is 0 Å². The van der Waals surface area contributed by atoms with Crippen molar-refractivity contribution in [2.75, 3.05) is 5.75 Å². The molecule has 1 saturated carbocycles. The van der Waals surface area contributed by atoms with Crippen molar-refractivity contribution in [3.05, 3.63) is 54.1 Å². The summed E-state index contributed by atoms with van der Waals surface area (Å²) in [6.07, 6.45) is 10.3. The minimum absolute atomic E-state index is 0.0148. The van der Waals surface area contributed by atoms with E-state index in [9.17, 15) is 18.6 Å². The van der Waals surface area contributed by atoms with Crippen LogP contribution < -0.4 is 0 Å². The van der Waals surface area contributed by atoms with Crippen LogP contribution in [0.2, 0.25) is 0 Å². The highest BCUT2D eigenvalue weighted by Crippen LogP contribution is 2.49. The number of sulfone groups is 1. The van der Waals surface area contributed by atoms with Crippen LogP contribution in [-0.2, 0) is 9.84 Å². The van der Waals surface area contributed by atoms with Gasteiger partial charge in [0, 0.05) is 5.92 Å². The number of hydrogen-bond acceptors (Lipinski definition) is 4. The molecule has 0 saturated heterocycles. The topological polar surface area (TPSA) is 74.6 Å². The first kappa shape index (κ1) is 21.3. The third-order valence-corrected chi connectivity index (χ3v) is 7.90. The minimum atomic E-state index is -3.36. The van der Waals surface area contributed by atoms with Gasteiger partial charge in [-0.25, -0.2) is 8.42 Å². The summed E-state index contributed by atoms with van der Waals surface area (Å²) in [5.74, 6) is 0.357. The third-order valence-electron chi connectivity index (χ3n) is 6.20. The Hall–Kier alpha value is -1.43. The third kappa shape index (κ3) is 4.94. The molecule has 0 amide bonds. The van der Waals surface area contributed by atoms with E-state index in [1.54, 1.807) is 24.3 Å². The fraction of sp³-hybridized carbons (Fsp3) is 0.565. The second-order valence-corrected chi connectivity index (χ2v) is 10.2. The Kier molecular flexibility index (Phi) is 7.13. The van der Waals surface area contributed by atoms with E-state index in [0.717, 1.165) is 37.7 Å². The normalized spacial score (nSPS) is 28.5. The second kappa shape index (κ2) is 9.38. The molecule has 0 spiro atoms. The molecule has 0 unspecified atom stereocenters. The van der Waals surface area contributed by atoms with Gasteiger partial charge in [-0.3, -0.25) is 0 Å². The van der Waals surface area contributed by atoms with Gasteiger partial charge < -0.3 is 10.2 Å². The van der Waals surface area contributed by atoms with Gasteiger partial charge >= 0.3 is 0 Å². The molecule has 0 radical (unpaired) electrons. The predicted octanol–water partition coefficient (Wildman–Crippen LogP) is 3.90. The number of hydrogen-bond donors (Lipinski definition) is 2. The molecule has 2 N–H and O–H groups in total. The Balaban J connectivity index is 1.62. The fourth-order valence-electron chi connectivity index (χ4n) is 4.66. The first-order valence-corrected chi connectivity index (χ1v) is 12.1. The molecule has 1 fully saturated rings. The summed E-state index contributed by atoms with van der Waals surface area (Å²) in [6.45, 7) is 2.14. The Morgan fingerprint density at radius 3 is 2.68 bits per heavy atom. The van der Waals surface area contributed by atoms with Crippen LogP contribution >= 0.6 is 0 Å². The highest BCUT2D eigenvalue weighted by Gasteiger charge is 2.45. The summed E-state index contributed by atoms with van der Waals surface area (Å²) in [5.41, 5.74) is 0.937. The molecular weight excluding hydrogens is 372 g/mol. The van der Waals surface area contributed by atoms with Crippen molar-refractivity contribution < 1.29 is 18.6 Å². The van der Waals surface area contributed by atoms with E-state index in [-0.39, 0.29) is 23.5 Å². The van der Waals surface area contributed by atoms with Crippen molar-refractivity contribution >= 4 is 9.84 Å². The molecule has 3 rings (SSSR count). The van der Waals surface area contributed by atoms with Gasteiger partial charge in [-0.1, -0.05) is 68.2 Å². The number of benzene rings is 1. The Labute approximate surface area is 168 Å². The predicted molar refractivity (Wildman–Crippen MR) is 112 cm³/mol. The van der Waals surface area contributed by atoms with Gasteiger partial charge in [0.1, 0.15) is 0 Å². The van der Waals surface area contributed by atoms with Gasteiger partial charge in [0.15, 0.2) is 9.84 Å². The van der Waals surface area contributed by atoms with E-state index in [1.807, 2.05) is 18.2 Å². The maximum atomic E-state index is 12.7. The van der Waals surface area contributed by atoms with Gasteiger partial charge in [0.05, 0.1) is 22.9 Å². The van der Waals surface area contributed by atoms with Crippen LogP contribution in [0, 0.1) is 17.8 Å². The molecular formula is C23H32O4S. The molecule has 0 heterocycles. The molecule has 0 bridgehead atoms. The van der Waals surface area contributed by atoms with Crippen LogP contribution in [0.1, 0.15) is 45.4 Å². The van der Waals surface area contributed by atoms with E-state index >= 15 is 0 Å². The van der Waals surface area contributed by atoms with Crippen LogP contribution in [0.25, 0.3) is 0 Å². The van der Waals surface area contributed by atoms with E-state index in [2.05, 4.69) is 13.0 Å². The molecule has 2 aliphatic carbocycles. The van der Waals surface area contributed by atoms with Crippen molar-refractivity contribution in [1.29, 1.82) is 0 Å². The van der Waals surface area contributed by atoms with E-state index in [0.29, 0.717) is 11.3 Å². The number of aliphatic hydroxyl groups is 2. The lowest BCUT2D eigenvalue weighted by Gasteiger charge is -2.18. The van der Waals surface area contributed by atoms with Crippen LogP contribution in [0.15, 0.2) is 59.0 Å². The number of aliphatic hydroxyl groups excluding tert-OH is 2. The molecule has 0 aliphatic heterocycles. The van der Waals surface area contributed by atoms with Crippen molar-refractivity contribution in [3.8, 4) is 0 Å². The molecule has 28 heavy (non-hydrogen) atoms. The van der Waals surface area contributed by atoms with Crippen molar-refractivity contribution in [1.82, 2.24) is 0 Å². The first-order valence-electron chi connectivity index (χ1n) is 10.4. The SMILES string of the molecule is CCCCC[C@H](O)/C=C/[C@H]1[C@H]2CC=C(CS(=O)(=O)c3ccccc3)[C@H]2C[C@H]1O. The molecule has 5 heteroatoms. The highest BCUT2D eigenvalue weighted by atomic mass is 32.2. The lowest BCUT2D eigenvalue weighted by atomic mass is 9.88. The summed E-state index contributed by atoms with van der Waals surface area (Å²) < 4.78 is 25.5. The number of unbranched alkanes of at least 4 members (excludes halogenated alkanes) is 2. The van der Waals surface area contributed by atoms with Crippen molar-refractivity contribution in [3.63, 3.8) is 0 Å². The van der Waals surface area contributed by atoms with Gasteiger partial charge in [-0.15, -0.1) is 0 Å². The second-order valence-electron chi connectivity index (χ2n) is 8.19. The quantitative estimate of drug-likeness (QED) is 0.483. The van der Waals surface area contributed by atoms with Crippen molar-refractivity contribution in [2.24, 2.45) is 17.8 Å². The van der Waals surface area contributed by atoms with Gasteiger partial charge in [0.2, 0.25) is 0 Å². The molecule has 154 valence electrons. The monoisotopic (exact) mass is 404 g/mol. The lowest BCUT2D eigenvalue weighted by molar-refractivity contribution is 0.140. The number of fused-ring (bicyclic) bond motifs is 1. The van der Waals surface area contributed by atoms with Crippen LogP contribution in [0.4, 0.5) is 0 Å². The number of rotatable bonds is 9. The highest BCUT2D eigenvalue weighted by molar-refractivity contribution is 7.91. The Morgan fingerprint density at radius 2 is 1.96 bits per heavy atom. The zero-order valence-corrected chi connectivity index (χ0v) is 17.4. The minimum Gasteiger partial charge on any atom is -0.392 e.